The highest BCUT2D eigenvalue weighted by Gasteiger charge is 2.38. The molecular weight excluding hydrogens is 348 g/mol. The molecule has 1 aliphatic heterocycles. The molecule has 138 valence electrons. The maximum absolute atomic E-state index is 12.1. The highest BCUT2D eigenvalue weighted by Crippen LogP contribution is 2.22. The zero-order chi connectivity index (χ0) is 19.2. The number of hydrogen-bond acceptors (Lipinski definition) is 5. The van der Waals surface area contributed by atoms with Crippen molar-refractivity contribution in [3.63, 3.8) is 0 Å². The van der Waals surface area contributed by atoms with Gasteiger partial charge in [0.05, 0.1) is 11.1 Å². The van der Waals surface area contributed by atoms with E-state index in [1.165, 1.54) is 12.1 Å². The number of imide groups is 1. The van der Waals surface area contributed by atoms with Crippen LogP contribution in [0.1, 0.15) is 50.3 Å². The van der Waals surface area contributed by atoms with Gasteiger partial charge in [0.25, 0.3) is 17.7 Å². The molecule has 0 saturated carbocycles. The zero-order valence-electron chi connectivity index (χ0n) is 14.5. The summed E-state index contributed by atoms with van der Waals surface area (Å²) < 4.78 is 0. The summed E-state index contributed by atoms with van der Waals surface area (Å²) in [4.78, 5) is 52.9. The maximum Gasteiger partial charge on any atom is 0.333 e. The first kappa shape index (κ1) is 18.3. The highest BCUT2D eigenvalue weighted by molar-refractivity contribution is 6.20. The molecule has 0 aromatic heterocycles. The maximum atomic E-state index is 12.1. The molecule has 7 nitrogen and oxygen atoms in total. The van der Waals surface area contributed by atoms with Crippen LogP contribution in [0.25, 0.3) is 0 Å². The zero-order valence-corrected chi connectivity index (χ0v) is 14.5. The molecule has 2 aromatic carbocycles. The largest absolute Gasteiger partial charge is 0.352 e. The third-order valence-electron chi connectivity index (χ3n) is 4.08. The van der Waals surface area contributed by atoms with Crippen molar-refractivity contribution in [2.24, 2.45) is 0 Å². The van der Waals surface area contributed by atoms with Crippen LogP contribution in [0.15, 0.2) is 54.6 Å². The van der Waals surface area contributed by atoms with Crippen molar-refractivity contribution in [3.05, 3.63) is 71.3 Å². The summed E-state index contributed by atoms with van der Waals surface area (Å²) in [5.74, 6) is -2.12. The highest BCUT2D eigenvalue weighted by atomic mass is 16.7. The third kappa shape index (κ3) is 4.20. The van der Waals surface area contributed by atoms with Gasteiger partial charge in [0.2, 0.25) is 0 Å². The number of unbranched alkanes of at least 4 members (excludes halogenated alkanes) is 1. The molecule has 0 radical (unpaired) electrons. The van der Waals surface area contributed by atoms with E-state index in [1.807, 2.05) is 6.07 Å². The van der Waals surface area contributed by atoms with Gasteiger partial charge in [0, 0.05) is 18.5 Å². The van der Waals surface area contributed by atoms with Crippen LogP contribution in [0.5, 0.6) is 0 Å². The van der Waals surface area contributed by atoms with Crippen molar-refractivity contribution in [1.29, 1.82) is 0 Å². The molecule has 0 atom stereocenters. The van der Waals surface area contributed by atoms with Crippen LogP contribution in [0.3, 0.4) is 0 Å². The van der Waals surface area contributed by atoms with Gasteiger partial charge in [-0.3, -0.25) is 14.4 Å². The van der Waals surface area contributed by atoms with Gasteiger partial charge in [-0.1, -0.05) is 35.4 Å². The number of nitrogens with one attached hydrogen (secondary N) is 1. The quantitative estimate of drug-likeness (QED) is 0.600. The average molecular weight is 366 g/mol. The molecule has 2 aromatic rings. The predicted molar refractivity (Wildman–Crippen MR) is 95.7 cm³/mol. The molecule has 0 spiro atoms. The molecule has 0 unspecified atom stereocenters. The predicted octanol–water partition coefficient (Wildman–Crippen LogP) is 2.34. The van der Waals surface area contributed by atoms with Gasteiger partial charge in [-0.05, 0) is 37.1 Å². The van der Waals surface area contributed by atoms with E-state index in [0.29, 0.717) is 30.0 Å². The lowest BCUT2D eigenvalue weighted by Gasteiger charge is -2.12. The molecule has 0 aliphatic carbocycles. The van der Waals surface area contributed by atoms with Crippen LogP contribution in [0, 0.1) is 0 Å². The van der Waals surface area contributed by atoms with Gasteiger partial charge in [-0.2, -0.15) is 0 Å². The summed E-state index contributed by atoms with van der Waals surface area (Å²) in [5, 5.41) is 3.27. The van der Waals surface area contributed by atoms with Gasteiger partial charge in [0.1, 0.15) is 0 Å². The lowest BCUT2D eigenvalue weighted by Crippen LogP contribution is -2.32. The van der Waals surface area contributed by atoms with Gasteiger partial charge in [-0.25, -0.2) is 4.79 Å². The first-order valence-corrected chi connectivity index (χ1v) is 8.60. The second-order valence-corrected chi connectivity index (χ2v) is 5.99. The number of carbonyl (C=O) groups is 4. The second-order valence-electron chi connectivity index (χ2n) is 5.99. The smallest absolute Gasteiger partial charge is 0.333 e. The van der Waals surface area contributed by atoms with E-state index in [2.05, 4.69) is 5.32 Å². The molecule has 0 fully saturated rings. The summed E-state index contributed by atoms with van der Waals surface area (Å²) in [6.45, 7) is 0.411. The van der Waals surface area contributed by atoms with Gasteiger partial charge < -0.3 is 10.2 Å². The molecule has 1 aliphatic rings. The molecular formula is C20H18N2O5. The average Bonchev–Trinajstić information content (AvgIpc) is 2.93. The van der Waals surface area contributed by atoms with E-state index in [0.717, 1.165) is 0 Å². The van der Waals surface area contributed by atoms with Crippen molar-refractivity contribution in [3.8, 4) is 0 Å². The molecule has 27 heavy (non-hydrogen) atoms. The molecule has 3 rings (SSSR count). The molecule has 1 heterocycles. The van der Waals surface area contributed by atoms with Gasteiger partial charge in [-0.15, -0.1) is 0 Å². The Morgan fingerprint density at radius 1 is 0.852 bits per heavy atom. The number of fused-ring (bicyclic) bond motifs is 1. The Balaban J connectivity index is 1.39. The van der Waals surface area contributed by atoms with E-state index in [4.69, 9.17) is 4.84 Å². The van der Waals surface area contributed by atoms with Crippen molar-refractivity contribution >= 4 is 23.7 Å². The van der Waals surface area contributed by atoms with E-state index in [9.17, 15) is 19.2 Å². The fourth-order valence-electron chi connectivity index (χ4n) is 2.69. The first-order valence-electron chi connectivity index (χ1n) is 8.60. The van der Waals surface area contributed by atoms with Crippen molar-refractivity contribution in [2.75, 3.05) is 6.54 Å². The topological polar surface area (TPSA) is 92.8 Å². The standard InChI is InChI=1S/C20H18N2O5/c23-17(12-6-7-13-21-18(24)14-8-2-1-3-9-14)27-22-19(25)15-10-4-5-11-16(15)20(22)26/h1-5,8-11H,6-7,12-13H2,(H,21,24). The minimum atomic E-state index is -0.668. The Morgan fingerprint density at radius 3 is 2.07 bits per heavy atom. The fourth-order valence-corrected chi connectivity index (χ4v) is 2.69. The van der Waals surface area contributed by atoms with Crippen LogP contribution in [0.4, 0.5) is 0 Å². The molecule has 1 N–H and O–H groups in total. The van der Waals surface area contributed by atoms with E-state index in [1.54, 1.807) is 36.4 Å². The number of rotatable bonds is 7. The number of nitrogens with zero attached hydrogens (tertiary/aromatic N) is 1. The van der Waals surface area contributed by atoms with Crippen molar-refractivity contribution in [2.45, 2.75) is 19.3 Å². The molecule has 0 bridgehead atoms. The number of amides is 3. The Morgan fingerprint density at radius 2 is 1.44 bits per heavy atom. The summed E-state index contributed by atoms with van der Waals surface area (Å²) in [6, 6.07) is 15.1. The number of carbonyl (C=O) groups excluding carboxylic acids is 4. The van der Waals surface area contributed by atoms with Crippen molar-refractivity contribution in [1.82, 2.24) is 10.4 Å². The van der Waals surface area contributed by atoms with Crippen LogP contribution < -0.4 is 5.32 Å². The molecule has 0 saturated heterocycles. The van der Waals surface area contributed by atoms with E-state index >= 15 is 0 Å². The fraction of sp³-hybridized carbons (Fsp3) is 0.200. The number of hydroxylamine groups is 2. The van der Waals surface area contributed by atoms with Crippen molar-refractivity contribution < 1.29 is 24.0 Å². The minimum absolute atomic E-state index is 0.0363. The van der Waals surface area contributed by atoms with Crippen LogP contribution >= 0.6 is 0 Å². The third-order valence-corrected chi connectivity index (χ3v) is 4.08. The summed E-state index contributed by atoms with van der Waals surface area (Å²) in [5.41, 5.74) is 1.01. The lowest BCUT2D eigenvalue weighted by molar-refractivity contribution is -0.168. The summed E-state index contributed by atoms with van der Waals surface area (Å²) in [7, 11) is 0. The summed E-state index contributed by atoms with van der Waals surface area (Å²) in [6.07, 6.45) is 1.06. The molecule has 7 heteroatoms. The van der Waals surface area contributed by atoms with Crippen LogP contribution in [-0.2, 0) is 9.63 Å². The lowest BCUT2D eigenvalue weighted by atomic mass is 10.1. The Hall–Kier alpha value is -3.48. The van der Waals surface area contributed by atoms with Gasteiger partial charge >= 0.3 is 5.97 Å². The Bertz CT molecular complexity index is 844. The SMILES string of the molecule is O=C(CCCCNC(=O)c1ccccc1)ON1C(=O)c2ccccc2C1=O. The Labute approximate surface area is 155 Å². The normalized spacial score (nSPS) is 12.7. The monoisotopic (exact) mass is 366 g/mol. The Kier molecular flexibility index (Phi) is 5.61. The summed E-state index contributed by atoms with van der Waals surface area (Å²) >= 11 is 0. The van der Waals surface area contributed by atoms with E-state index < -0.39 is 17.8 Å². The van der Waals surface area contributed by atoms with Crippen LogP contribution in [-0.4, -0.2) is 35.3 Å². The number of hydrogen-bond donors (Lipinski definition) is 1. The van der Waals surface area contributed by atoms with Crippen LogP contribution in [0.2, 0.25) is 0 Å². The second kappa shape index (κ2) is 8.27. The van der Waals surface area contributed by atoms with E-state index in [-0.39, 0.29) is 23.5 Å². The van der Waals surface area contributed by atoms with Gasteiger partial charge in [0.15, 0.2) is 0 Å². The molecule has 3 amide bonds. The minimum Gasteiger partial charge on any atom is -0.352 e. The number of benzene rings is 2. The first-order chi connectivity index (χ1) is 13.1.